The Labute approximate surface area is 172 Å². The van der Waals surface area contributed by atoms with E-state index in [9.17, 15) is 5.11 Å². The molecule has 0 radical (unpaired) electrons. The molecule has 1 heterocycles. The molecule has 3 rings (SSSR count). The van der Waals surface area contributed by atoms with Gasteiger partial charge in [0.05, 0.1) is 31.4 Å². The van der Waals surface area contributed by atoms with Gasteiger partial charge in [0.15, 0.2) is 11.5 Å². The smallest absolute Gasteiger partial charge is 0.161 e. The van der Waals surface area contributed by atoms with Gasteiger partial charge in [0.1, 0.15) is 5.82 Å². The van der Waals surface area contributed by atoms with Crippen LogP contribution in [0.5, 0.6) is 11.5 Å². The number of aryl methyl sites for hydroxylation is 3. The van der Waals surface area contributed by atoms with E-state index in [2.05, 4.69) is 37.1 Å². The fourth-order valence-corrected chi connectivity index (χ4v) is 3.50. The number of nitrogens with zero attached hydrogens (tertiary/aromatic N) is 2. The predicted octanol–water partition coefficient (Wildman–Crippen LogP) is 4.39. The molecular formula is C24H30N2O3. The molecule has 0 unspecified atom stereocenters. The van der Waals surface area contributed by atoms with Crippen molar-refractivity contribution in [2.75, 3.05) is 20.3 Å². The number of aliphatic hydroxyl groups excluding tert-OH is 1. The molecule has 0 spiro atoms. The minimum atomic E-state index is 0.0893. The largest absolute Gasteiger partial charge is 0.493 e. The van der Waals surface area contributed by atoms with Crippen molar-refractivity contribution in [2.45, 2.75) is 39.7 Å². The fourth-order valence-electron chi connectivity index (χ4n) is 3.50. The van der Waals surface area contributed by atoms with Gasteiger partial charge in [0.25, 0.3) is 0 Å². The second-order valence-corrected chi connectivity index (χ2v) is 7.26. The Morgan fingerprint density at radius 2 is 1.93 bits per heavy atom. The molecule has 0 saturated heterocycles. The normalized spacial score (nSPS) is 11.0. The van der Waals surface area contributed by atoms with E-state index in [0.717, 1.165) is 53.3 Å². The number of hydrogen-bond donors (Lipinski definition) is 1. The first-order valence-electron chi connectivity index (χ1n) is 10.0. The van der Waals surface area contributed by atoms with E-state index in [1.54, 1.807) is 7.11 Å². The molecule has 0 amide bonds. The van der Waals surface area contributed by atoms with E-state index in [0.29, 0.717) is 13.0 Å². The zero-order valence-electron chi connectivity index (χ0n) is 17.6. The molecule has 2 aromatic carbocycles. The molecule has 5 nitrogen and oxygen atoms in total. The summed E-state index contributed by atoms with van der Waals surface area (Å²) in [7, 11) is 1.66. The van der Waals surface area contributed by atoms with Crippen LogP contribution >= 0.6 is 0 Å². The number of rotatable bonds is 10. The maximum Gasteiger partial charge on any atom is 0.161 e. The highest BCUT2D eigenvalue weighted by molar-refractivity contribution is 5.78. The summed E-state index contributed by atoms with van der Waals surface area (Å²) in [6.45, 7) is 9.43. The summed E-state index contributed by atoms with van der Waals surface area (Å²) in [5.41, 5.74) is 5.72. The number of hydrogen-bond acceptors (Lipinski definition) is 4. The van der Waals surface area contributed by atoms with Crippen molar-refractivity contribution in [3.05, 3.63) is 65.5 Å². The SMILES string of the molecule is C=CCc1ccc(OCCCn2c(CCO)nc3cc(C)c(C)cc32)c(OC)c1. The van der Waals surface area contributed by atoms with Crippen molar-refractivity contribution in [2.24, 2.45) is 0 Å². The molecule has 0 atom stereocenters. The molecule has 0 aliphatic rings. The van der Waals surface area contributed by atoms with Crippen molar-refractivity contribution in [3.63, 3.8) is 0 Å². The molecule has 0 saturated carbocycles. The summed E-state index contributed by atoms with van der Waals surface area (Å²) in [6.07, 6.45) is 4.05. The number of methoxy groups -OCH3 is 1. The molecule has 0 bridgehead atoms. The van der Waals surface area contributed by atoms with Crippen LogP contribution < -0.4 is 9.47 Å². The highest BCUT2D eigenvalue weighted by Gasteiger charge is 2.12. The minimum Gasteiger partial charge on any atom is -0.493 e. The van der Waals surface area contributed by atoms with Gasteiger partial charge in [-0.25, -0.2) is 4.98 Å². The fraction of sp³-hybridized carbons (Fsp3) is 0.375. The van der Waals surface area contributed by atoms with E-state index in [-0.39, 0.29) is 6.61 Å². The second-order valence-electron chi connectivity index (χ2n) is 7.26. The summed E-state index contributed by atoms with van der Waals surface area (Å²) >= 11 is 0. The van der Waals surface area contributed by atoms with Crippen LogP contribution in [0.25, 0.3) is 11.0 Å². The van der Waals surface area contributed by atoms with Crippen LogP contribution in [-0.2, 0) is 19.4 Å². The summed E-state index contributed by atoms with van der Waals surface area (Å²) in [4.78, 5) is 4.73. The van der Waals surface area contributed by atoms with Crippen LogP contribution in [-0.4, -0.2) is 35.0 Å². The molecular weight excluding hydrogens is 364 g/mol. The average molecular weight is 395 g/mol. The van der Waals surface area contributed by atoms with Crippen LogP contribution in [0.2, 0.25) is 0 Å². The van der Waals surface area contributed by atoms with Gasteiger partial charge in [0, 0.05) is 13.0 Å². The zero-order valence-corrected chi connectivity index (χ0v) is 17.6. The summed E-state index contributed by atoms with van der Waals surface area (Å²) in [5, 5.41) is 9.42. The lowest BCUT2D eigenvalue weighted by atomic mass is 10.1. The predicted molar refractivity (Wildman–Crippen MR) is 117 cm³/mol. The van der Waals surface area contributed by atoms with E-state index < -0.39 is 0 Å². The number of allylic oxidation sites excluding steroid dienone is 1. The molecule has 154 valence electrons. The molecule has 0 aliphatic heterocycles. The second kappa shape index (κ2) is 9.61. The van der Waals surface area contributed by atoms with Crippen molar-refractivity contribution in [1.29, 1.82) is 0 Å². The first kappa shape index (κ1) is 20.9. The van der Waals surface area contributed by atoms with Crippen molar-refractivity contribution < 1.29 is 14.6 Å². The van der Waals surface area contributed by atoms with Gasteiger partial charge in [-0.15, -0.1) is 6.58 Å². The number of aromatic nitrogens is 2. The Morgan fingerprint density at radius 3 is 2.66 bits per heavy atom. The zero-order chi connectivity index (χ0) is 20.8. The lowest BCUT2D eigenvalue weighted by molar-refractivity contribution is 0.279. The van der Waals surface area contributed by atoms with Crippen LogP contribution in [0.15, 0.2) is 43.0 Å². The van der Waals surface area contributed by atoms with Gasteiger partial charge in [-0.3, -0.25) is 0 Å². The lowest BCUT2D eigenvalue weighted by Gasteiger charge is -2.13. The number of aliphatic hydroxyl groups is 1. The van der Waals surface area contributed by atoms with Gasteiger partial charge in [0.2, 0.25) is 0 Å². The van der Waals surface area contributed by atoms with Crippen LogP contribution in [0.4, 0.5) is 0 Å². The Morgan fingerprint density at radius 1 is 1.14 bits per heavy atom. The first-order chi connectivity index (χ1) is 14.1. The third-order valence-electron chi connectivity index (χ3n) is 5.17. The Kier molecular flexibility index (Phi) is 6.94. The third kappa shape index (κ3) is 4.80. The number of benzene rings is 2. The van der Waals surface area contributed by atoms with Crippen molar-refractivity contribution >= 4 is 11.0 Å². The van der Waals surface area contributed by atoms with Crippen LogP contribution in [0.3, 0.4) is 0 Å². The first-order valence-corrected chi connectivity index (χ1v) is 10.0. The Bertz CT molecular complexity index is 991. The molecule has 29 heavy (non-hydrogen) atoms. The van der Waals surface area contributed by atoms with E-state index >= 15 is 0 Å². The molecule has 0 aliphatic carbocycles. The van der Waals surface area contributed by atoms with Gasteiger partial charge >= 0.3 is 0 Å². The summed E-state index contributed by atoms with van der Waals surface area (Å²) in [5.74, 6) is 2.40. The Hall–Kier alpha value is -2.79. The molecule has 1 aromatic heterocycles. The third-order valence-corrected chi connectivity index (χ3v) is 5.17. The minimum absolute atomic E-state index is 0.0893. The van der Waals surface area contributed by atoms with Gasteiger partial charge in [-0.1, -0.05) is 12.1 Å². The van der Waals surface area contributed by atoms with Crippen molar-refractivity contribution in [3.8, 4) is 11.5 Å². The number of fused-ring (bicyclic) bond motifs is 1. The highest BCUT2D eigenvalue weighted by atomic mass is 16.5. The molecule has 1 N–H and O–H groups in total. The summed E-state index contributed by atoms with van der Waals surface area (Å²) in [6, 6.07) is 10.3. The average Bonchev–Trinajstić information content (AvgIpc) is 3.03. The lowest BCUT2D eigenvalue weighted by Crippen LogP contribution is -2.09. The van der Waals surface area contributed by atoms with Crippen LogP contribution in [0.1, 0.15) is 28.9 Å². The monoisotopic (exact) mass is 394 g/mol. The van der Waals surface area contributed by atoms with Gasteiger partial charge < -0.3 is 19.1 Å². The number of ether oxygens (including phenoxy) is 2. The highest BCUT2D eigenvalue weighted by Crippen LogP contribution is 2.28. The molecule has 5 heteroatoms. The maximum absolute atomic E-state index is 9.42. The summed E-state index contributed by atoms with van der Waals surface area (Å²) < 4.78 is 13.6. The van der Waals surface area contributed by atoms with E-state index in [1.165, 1.54) is 11.1 Å². The van der Waals surface area contributed by atoms with Crippen molar-refractivity contribution in [1.82, 2.24) is 9.55 Å². The Balaban J connectivity index is 1.70. The quantitative estimate of drug-likeness (QED) is 0.409. The number of imidazole rings is 1. The maximum atomic E-state index is 9.42. The van der Waals surface area contributed by atoms with Gasteiger partial charge in [-0.05, 0) is 67.6 Å². The molecule has 3 aromatic rings. The molecule has 0 fully saturated rings. The van der Waals surface area contributed by atoms with E-state index in [1.807, 2.05) is 24.3 Å². The van der Waals surface area contributed by atoms with Gasteiger partial charge in [-0.2, -0.15) is 0 Å². The van der Waals surface area contributed by atoms with E-state index in [4.69, 9.17) is 14.5 Å². The van der Waals surface area contributed by atoms with Crippen LogP contribution in [0, 0.1) is 13.8 Å². The standard InChI is InChI=1S/C24H30N2O3/c1-5-7-19-8-9-22(23(16-19)28-4)29-13-6-11-26-21-15-18(3)17(2)14-20(21)25-24(26)10-12-27/h5,8-9,14-16,27H,1,6-7,10-13H2,2-4H3. The topological polar surface area (TPSA) is 56.5 Å².